The number of anilines is 1. The van der Waals surface area contributed by atoms with Gasteiger partial charge in [0.15, 0.2) is 0 Å². The highest BCUT2D eigenvalue weighted by molar-refractivity contribution is 9.10. The average molecular weight is 463 g/mol. The minimum absolute atomic E-state index is 0.145. The van der Waals surface area contributed by atoms with Crippen LogP contribution in [0.2, 0.25) is 0 Å². The third-order valence-corrected chi connectivity index (χ3v) is 5.71. The van der Waals surface area contributed by atoms with Crippen LogP contribution < -0.4 is 10.9 Å². The molecule has 11 heteroatoms. The predicted molar refractivity (Wildman–Crippen MR) is 110 cm³/mol. The number of carbonyl (C=O) groups excluding carboxylic acids is 1. The van der Waals surface area contributed by atoms with Crippen LogP contribution in [-0.2, 0) is 11.8 Å². The molecule has 29 heavy (non-hydrogen) atoms. The van der Waals surface area contributed by atoms with E-state index in [2.05, 4.69) is 26.3 Å². The van der Waals surface area contributed by atoms with Gasteiger partial charge in [-0.25, -0.2) is 4.68 Å². The molecule has 1 atom stereocenters. The smallest absolute Gasteiger partial charge is 0.358 e. The highest BCUT2D eigenvalue weighted by Gasteiger charge is 2.30. The first-order valence-electron chi connectivity index (χ1n) is 8.69. The number of amides is 1. The maximum Gasteiger partial charge on any atom is 0.404 e. The van der Waals surface area contributed by atoms with E-state index in [-0.39, 0.29) is 21.5 Å². The molecule has 0 radical (unpaired) electrons. The van der Waals surface area contributed by atoms with Crippen molar-refractivity contribution in [3.8, 4) is 5.69 Å². The lowest BCUT2D eigenvalue weighted by Gasteiger charge is -2.10. The number of benzene rings is 1. The third-order valence-electron chi connectivity index (χ3n) is 4.78. The Morgan fingerprint density at radius 1 is 1.24 bits per heavy atom. The van der Waals surface area contributed by atoms with E-state index in [0.717, 1.165) is 0 Å². The van der Waals surface area contributed by atoms with Crippen LogP contribution in [0, 0.1) is 24.0 Å². The Morgan fingerprint density at radius 2 is 1.86 bits per heavy atom. The largest absolute Gasteiger partial charge is 0.404 e. The molecule has 152 valence electrons. The Morgan fingerprint density at radius 3 is 2.41 bits per heavy atom. The number of halogens is 1. The van der Waals surface area contributed by atoms with Crippen LogP contribution in [0.25, 0.3) is 5.69 Å². The highest BCUT2D eigenvalue weighted by atomic mass is 79.9. The summed E-state index contributed by atoms with van der Waals surface area (Å²) in [6.07, 6.45) is 0. The van der Waals surface area contributed by atoms with Gasteiger partial charge in [-0.15, -0.1) is 0 Å². The molecule has 10 nitrogen and oxygen atoms in total. The SMILES string of the molecule is Cc1c(Br)c([N+](=O)[O-])nn1[C@@H](C)C(=O)Nc1c(C)n(C)n(-c2ccccc2)c1=O. The highest BCUT2D eigenvalue weighted by Crippen LogP contribution is 2.29. The van der Waals surface area contributed by atoms with Crippen molar-refractivity contribution in [3.63, 3.8) is 0 Å². The zero-order chi connectivity index (χ0) is 21.5. The lowest BCUT2D eigenvalue weighted by atomic mass is 10.3. The number of para-hydroxylation sites is 1. The molecule has 0 fully saturated rings. The number of hydrogen-bond donors (Lipinski definition) is 1. The summed E-state index contributed by atoms with van der Waals surface area (Å²) in [5.74, 6) is -0.881. The zero-order valence-electron chi connectivity index (χ0n) is 16.2. The number of rotatable bonds is 5. The van der Waals surface area contributed by atoms with Crippen LogP contribution in [0.5, 0.6) is 0 Å². The van der Waals surface area contributed by atoms with E-state index in [1.165, 1.54) is 9.36 Å². The van der Waals surface area contributed by atoms with Crippen LogP contribution in [0.1, 0.15) is 24.4 Å². The molecule has 0 unspecified atom stereocenters. The molecule has 0 saturated carbocycles. The molecule has 0 aliphatic heterocycles. The average Bonchev–Trinajstić information content (AvgIpc) is 3.10. The fourth-order valence-corrected chi connectivity index (χ4v) is 3.43. The van der Waals surface area contributed by atoms with E-state index in [1.54, 1.807) is 44.6 Å². The fourth-order valence-electron chi connectivity index (χ4n) is 3.03. The first-order chi connectivity index (χ1) is 13.6. The monoisotopic (exact) mass is 462 g/mol. The van der Waals surface area contributed by atoms with Gasteiger partial charge in [-0.1, -0.05) is 18.2 Å². The maximum atomic E-state index is 12.9. The molecule has 1 aromatic carbocycles. The summed E-state index contributed by atoms with van der Waals surface area (Å²) in [6.45, 7) is 4.89. The van der Waals surface area contributed by atoms with Gasteiger partial charge in [0.25, 0.3) is 11.5 Å². The lowest BCUT2D eigenvalue weighted by Crippen LogP contribution is -2.28. The fraction of sp³-hybridized carbons (Fsp3) is 0.278. The van der Waals surface area contributed by atoms with Gasteiger partial charge in [-0.05, 0) is 53.8 Å². The quantitative estimate of drug-likeness (QED) is 0.461. The van der Waals surface area contributed by atoms with Crippen molar-refractivity contribution in [1.29, 1.82) is 0 Å². The maximum absolute atomic E-state index is 12.9. The van der Waals surface area contributed by atoms with Crippen LogP contribution in [-0.4, -0.2) is 30.0 Å². The van der Waals surface area contributed by atoms with Crippen molar-refractivity contribution in [2.24, 2.45) is 7.05 Å². The summed E-state index contributed by atoms with van der Waals surface area (Å²) in [7, 11) is 1.72. The van der Waals surface area contributed by atoms with Crippen molar-refractivity contribution >= 4 is 33.3 Å². The van der Waals surface area contributed by atoms with E-state index in [0.29, 0.717) is 17.1 Å². The Bertz CT molecular complexity index is 1160. The molecular formula is C18H19BrN6O4. The lowest BCUT2D eigenvalue weighted by molar-refractivity contribution is -0.390. The van der Waals surface area contributed by atoms with E-state index in [9.17, 15) is 19.7 Å². The van der Waals surface area contributed by atoms with Crippen molar-refractivity contribution in [3.05, 3.63) is 66.7 Å². The number of nitrogens with zero attached hydrogens (tertiary/aromatic N) is 5. The van der Waals surface area contributed by atoms with E-state index in [1.807, 2.05) is 18.2 Å². The molecule has 2 heterocycles. The molecule has 0 bridgehead atoms. The Kier molecular flexibility index (Phi) is 5.42. The first-order valence-corrected chi connectivity index (χ1v) is 9.48. The first kappa shape index (κ1) is 20.5. The molecule has 0 aliphatic carbocycles. The third kappa shape index (κ3) is 3.48. The van der Waals surface area contributed by atoms with Crippen LogP contribution in [0.15, 0.2) is 39.6 Å². The topological polar surface area (TPSA) is 117 Å². The minimum atomic E-state index is -0.871. The summed E-state index contributed by atoms with van der Waals surface area (Å²) in [4.78, 5) is 36.2. The molecule has 3 aromatic rings. The number of carbonyl (C=O) groups is 1. The van der Waals surface area contributed by atoms with Crippen molar-refractivity contribution in [1.82, 2.24) is 19.1 Å². The standard InChI is InChI=1S/C18H19BrN6O4/c1-10-14(19)16(25(28)29)21-23(10)12(3)17(26)20-15-11(2)22(4)24(18(15)27)13-8-6-5-7-9-13/h5-9,12H,1-4H3,(H,20,26)/t12-/m0/s1. The number of hydrogen-bond acceptors (Lipinski definition) is 5. The second-order valence-corrected chi connectivity index (χ2v) is 7.32. The molecule has 2 aromatic heterocycles. The Labute approximate surface area is 174 Å². The Hall–Kier alpha value is -3.21. The Balaban J connectivity index is 1.95. The molecule has 0 spiro atoms. The molecule has 1 N–H and O–H groups in total. The molecule has 0 aliphatic rings. The van der Waals surface area contributed by atoms with E-state index < -0.39 is 16.9 Å². The normalized spacial score (nSPS) is 12.0. The molecule has 0 saturated heterocycles. The second-order valence-electron chi connectivity index (χ2n) is 6.53. The van der Waals surface area contributed by atoms with Gasteiger partial charge >= 0.3 is 5.82 Å². The van der Waals surface area contributed by atoms with Crippen molar-refractivity contribution in [2.75, 3.05) is 5.32 Å². The van der Waals surface area contributed by atoms with Crippen LogP contribution in [0.3, 0.4) is 0 Å². The van der Waals surface area contributed by atoms with Gasteiger partial charge in [0, 0.05) is 7.05 Å². The summed E-state index contributed by atoms with van der Waals surface area (Å²) in [5.41, 5.74) is 1.45. The van der Waals surface area contributed by atoms with E-state index >= 15 is 0 Å². The predicted octanol–water partition coefficient (Wildman–Crippen LogP) is 2.86. The van der Waals surface area contributed by atoms with Gasteiger partial charge in [0.05, 0.1) is 22.2 Å². The van der Waals surface area contributed by atoms with Gasteiger partial charge in [-0.3, -0.25) is 14.3 Å². The number of nitro groups is 1. The number of aromatic nitrogens is 4. The molecular weight excluding hydrogens is 444 g/mol. The minimum Gasteiger partial charge on any atom is -0.358 e. The number of nitrogens with one attached hydrogen (secondary N) is 1. The van der Waals surface area contributed by atoms with Gasteiger partial charge in [0.1, 0.15) is 16.2 Å². The van der Waals surface area contributed by atoms with Gasteiger partial charge in [0.2, 0.25) is 0 Å². The van der Waals surface area contributed by atoms with Gasteiger partial charge < -0.3 is 15.4 Å². The van der Waals surface area contributed by atoms with Gasteiger partial charge in [-0.2, -0.15) is 4.68 Å². The molecule has 1 amide bonds. The summed E-state index contributed by atoms with van der Waals surface area (Å²) in [6, 6.07) is 8.19. The second kappa shape index (κ2) is 7.66. The van der Waals surface area contributed by atoms with Crippen LogP contribution in [0.4, 0.5) is 11.5 Å². The van der Waals surface area contributed by atoms with Crippen LogP contribution >= 0.6 is 15.9 Å². The van der Waals surface area contributed by atoms with Crippen molar-refractivity contribution < 1.29 is 9.72 Å². The van der Waals surface area contributed by atoms with Crippen molar-refractivity contribution in [2.45, 2.75) is 26.8 Å². The summed E-state index contributed by atoms with van der Waals surface area (Å²) in [5, 5.41) is 17.6. The summed E-state index contributed by atoms with van der Waals surface area (Å²) < 4.78 is 4.57. The van der Waals surface area contributed by atoms with E-state index in [4.69, 9.17) is 0 Å². The zero-order valence-corrected chi connectivity index (χ0v) is 17.8. The molecule has 3 rings (SSSR count). The summed E-state index contributed by atoms with van der Waals surface area (Å²) >= 11 is 3.13.